The van der Waals surface area contributed by atoms with Gasteiger partial charge in [-0.1, -0.05) is 30.3 Å². The third-order valence-electron chi connectivity index (χ3n) is 3.50. The smallest absolute Gasteiger partial charge is 0.244 e. The summed E-state index contributed by atoms with van der Waals surface area (Å²) in [7, 11) is 0. The summed E-state index contributed by atoms with van der Waals surface area (Å²) in [6.07, 6.45) is 0. The van der Waals surface area contributed by atoms with Crippen LogP contribution in [0.5, 0.6) is 5.75 Å². The van der Waals surface area contributed by atoms with Gasteiger partial charge in [0.1, 0.15) is 12.3 Å². The topological polar surface area (TPSA) is 54.3 Å². The fraction of sp³-hybridized carbons (Fsp3) is 0.118. The minimum Gasteiger partial charge on any atom is -0.506 e. The third-order valence-corrected chi connectivity index (χ3v) is 3.50. The van der Waals surface area contributed by atoms with Gasteiger partial charge in [0, 0.05) is 11.2 Å². The SMILES string of the molecule is Cc1cc2ccccc2n1CC(=O)Nc1ccccc1O. The number of rotatable bonds is 3. The summed E-state index contributed by atoms with van der Waals surface area (Å²) in [5.41, 5.74) is 2.49. The molecule has 0 unspecified atom stereocenters. The van der Waals surface area contributed by atoms with E-state index >= 15 is 0 Å². The summed E-state index contributed by atoms with van der Waals surface area (Å²) in [5, 5.41) is 13.5. The van der Waals surface area contributed by atoms with Crippen LogP contribution in [0.3, 0.4) is 0 Å². The van der Waals surface area contributed by atoms with Crippen molar-refractivity contribution in [2.75, 3.05) is 5.32 Å². The summed E-state index contributed by atoms with van der Waals surface area (Å²) in [6, 6.07) is 16.7. The number of para-hydroxylation sites is 3. The van der Waals surface area contributed by atoms with Crippen molar-refractivity contribution >= 4 is 22.5 Å². The summed E-state index contributed by atoms with van der Waals surface area (Å²) >= 11 is 0. The van der Waals surface area contributed by atoms with Crippen molar-refractivity contribution in [3.05, 3.63) is 60.3 Å². The van der Waals surface area contributed by atoms with E-state index in [9.17, 15) is 9.90 Å². The molecule has 1 aromatic heterocycles. The third kappa shape index (κ3) is 2.60. The molecule has 2 aromatic carbocycles. The first-order valence-electron chi connectivity index (χ1n) is 6.78. The number of carbonyl (C=O) groups is 1. The summed E-state index contributed by atoms with van der Waals surface area (Å²) in [4.78, 5) is 12.2. The van der Waals surface area contributed by atoms with E-state index in [1.54, 1.807) is 24.3 Å². The number of hydrogen-bond donors (Lipinski definition) is 2. The Bertz CT molecular complexity index is 805. The highest BCUT2D eigenvalue weighted by atomic mass is 16.3. The van der Waals surface area contributed by atoms with Gasteiger partial charge in [0.25, 0.3) is 0 Å². The highest BCUT2D eigenvalue weighted by Crippen LogP contribution is 2.22. The quantitative estimate of drug-likeness (QED) is 0.723. The first kappa shape index (κ1) is 13.2. The zero-order chi connectivity index (χ0) is 14.8. The van der Waals surface area contributed by atoms with E-state index in [2.05, 4.69) is 11.4 Å². The lowest BCUT2D eigenvalue weighted by molar-refractivity contribution is -0.116. The number of nitrogens with zero attached hydrogens (tertiary/aromatic N) is 1. The van der Waals surface area contributed by atoms with Crippen LogP contribution in [-0.4, -0.2) is 15.6 Å². The van der Waals surface area contributed by atoms with Crippen LogP contribution in [-0.2, 0) is 11.3 Å². The van der Waals surface area contributed by atoms with Gasteiger partial charge in [-0.3, -0.25) is 4.79 Å². The van der Waals surface area contributed by atoms with Gasteiger partial charge in [-0.25, -0.2) is 0 Å². The number of anilines is 1. The van der Waals surface area contributed by atoms with Crippen molar-refractivity contribution < 1.29 is 9.90 Å². The van der Waals surface area contributed by atoms with Gasteiger partial charge < -0.3 is 15.0 Å². The first-order valence-corrected chi connectivity index (χ1v) is 6.78. The molecule has 0 fully saturated rings. The molecule has 1 amide bonds. The lowest BCUT2D eigenvalue weighted by Crippen LogP contribution is -2.19. The normalized spacial score (nSPS) is 10.7. The number of nitrogens with one attached hydrogen (secondary N) is 1. The molecule has 3 aromatic rings. The summed E-state index contributed by atoms with van der Waals surface area (Å²) < 4.78 is 1.96. The molecule has 0 aliphatic heterocycles. The molecular weight excluding hydrogens is 264 g/mol. The number of amides is 1. The average Bonchev–Trinajstić information content (AvgIpc) is 2.78. The second-order valence-electron chi connectivity index (χ2n) is 5.00. The van der Waals surface area contributed by atoms with Crippen molar-refractivity contribution in [1.82, 2.24) is 4.57 Å². The summed E-state index contributed by atoms with van der Waals surface area (Å²) in [6.45, 7) is 2.20. The fourth-order valence-corrected chi connectivity index (χ4v) is 2.47. The number of aryl methyl sites for hydroxylation is 1. The number of hydrogen-bond acceptors (Lipinski definition) is 2. The molecule has 4 nitrogen and oxygen atoms in total. The van der Waals surface area contributed by atoms with Gasteiger partial charge in [0.05, 0.1) is 5.69 Å². The molecule has 1 heterocycles. The monoisotopic (exact) mass is 280 g/mol. The van der Waals surface area contributed by atoms with E-state index in [0.717, 1.165) is 16.6 Å². The van der Waals surface area contributed by atoms with Gasteiger partial charge >= 0.3 is 0 Å². The molecule has 0 spiro atoms. The molecule has 0 radical (unpaired) electrons. The van der Waals surface area contributed by atoms with Crippen molar-refractivity contribution in [3.63, 3.8) is 0 Å². The first-order chi connectivity index (χ1) is 10.1. The molecular formula is C17H16N2O2. The molecule has 0 saturated heterocycles. The van der Waals surface area contributed by atoms with E-state index in [4.69, 9.17) is 0 Å². The van der Waals surface area contributed by atoms with Crippen LogP contribution in [0, 0.1) is 6.92 Å². The number of benzene rings is 2. The molecule has 0 bridgehead atoms. The second-order valence-corrected chi connectivity index (χ2v) is 5.00. The fourth-order valence-electron chi connectivity index (χ4n) is 2.47. The Hall–Kier alpha value is -2.75. The van der Waals surface area contributed by atoms with Crippen LogP contribution in [0.1, 0.15) is 5.69 Å². The van der Waals surface area contributed by atoms with E-state index in [-0.39, 0.29) is 18.2 Å². The van der Waals surface area contributed by atoms with Gasteiger partial charge in [-0.05, 0) is 36.6 Å². The largest absolute Gasteiger partial charge is 0.506 e. The van der Waals surface area contributed by atoms with E-state index < -0.39 is 0 Å². The maximum Gasteiger partial charge on any atom is 0.244 e. The number of fused-ring (bicyclic) bond motifs is 1. The predicted octanol–water partition coefficient (Wildman–Crippen LogP) is 3.29. The van der Waals surface area contributed by atoms with Crippen molar-refractivity contribution in [2.24, 2.45) is 0 Å². The molecule has 0 aliphatic carbocycles. The maximum absolute atomic E-state index is 12.2. The molecule has 0 aliphatic rings. The lowest BCUT2D eigenvalue weighted by atomic mass is 10.2. The van der Waals surface area contributed by atoms with Crippen LogP contribution in [0.4, 0.5) is 5.69 Å². The molecule has 0 saturated carbocycles. The minimum absolute atomic E-state index is 0.0694. The van der Waals surface area contributed by atoms with Gasteiger partial charge in [-0.15, -0.1) is 0 Å². The predicted molar refractivity (Wildman–Crippen MR) is 83.4 cm³/mol. The highest BCUT2D eigenvalue weighted by molar-refractivity contribution is 5.93. The number of phenolic OH excluding ortho intramolecular Hbond substituents is 1. The Morgan fingerprint density at radius 1 is 1.14 bits per heavy atom. The zero-order valence-electron chi connectivity index (χ0n) is 11.7. The number of aromatic nitrogens is 1. The van der Waals surface area contributed by atoms with Crippen molar-refractivity contribution in [1.29, 1.82) is 0 Å². The van der Waals surface area contributed by atoms with Crippen LogP contribution in [0.2, 0.25) is 0 Å². The summed E-state index contributed by atoms with van der Waals surface area (Å²) in [5.74, 6) is -0.0964. The molecule has 3 rings (SSSR count). The zero-order valence-corrected chi connectivity index (χ0v) is 11.7. The Labute approximate surface area is 122 Å². The molecule has 2 N–H and O–H groups in total. The van der Waals surface area contributed by atoms with E-state index in [1.165, 1.54) is 0 Å². The highest BCUT2D eigenvalue weighted by Gasteiger charge is 2.10. The van der Waals surface area contributed by atoms with Crippen molar-refractivity contribution in [2.45, 2.75) is 13.5 Å². The van der Waals surface area contributed by atoms with Crippen LogP contribution < -0.4 is 5.32 Å². The molecule has 21 heavy (non-hydrogen) atoms. The Morgan fingerprint density at radius 2 is 1.86 bits per heavy atom. The molecule has 0 atom stereocenters. The van der Waals surface area contributed by atoms with Gasteiger partial charge in [-0.2, -0.15) is 0 Å². The van der Waals surface area contributed by atoms with Crippen LogP contribution >= 0.6 is 0 Å². The maximum atomic E-state index is 12.2. The standard InChI is InChI=1S/C17H16N2O2/c1-12-10-13-6-2-4-8-15(13)19(12)11-17(21)18-14-7-3-5-9-16(14)20/h2-10,20H,11H2,1H3,(H,18,21). The van der Waals surface area contributed by atoms with Gasteiger partial charge in [0.2, 0.25) is 5.91 Å². The Morgan fingerprint density at radius 3 is 2.67 bits per heavy atom. The lowest BCUT2D eigenvalue weighted by Gasteiger charge is -2.10. The van der Waals surface area contributed by atoms with Crippen LogP contribution in [0.15, 0.2) is 54.6 Å². The van der Waals surface area contributed by atoms with E-state index in [0.29, 0.717) is 5.69 Å². The molecule has 106 valence electrons. The average molecular weight is 280 g/mol. The van der Waals surface area contributed by atoms with Crippen LogP contribution in [0.25, 0.3) is 10.9 Å². The number of carbonyl (C=O) groups excluding carboxylic acids is 1. The number of phenols is 1. The van der Waals surface area contributed by atoms with E-state index in [1.807, 2.05) is 35.8 Å². The second kappa shape index (κ2) is 5.32. The Kier molecular flexibility index (Phi) is 3.36. The number of aromatic hydroxyl groups is 1. The van der Waals surface area contributed by atoms with Gasteiger partial charge in [0.15, 0.2) is 0 Å². The minimum atomic E-state index is -0.166. The van der Waals surface area contributed by atoms with Crippen molar-refractivity contribution in [3.8, 4) is 5.75 Å². The Balaban J connectivity index is 1.84. The molecule has 4 heteroatoms.